The maximum atomic E-state index is 13.3. The molecule has 0 saturated heterocycles. The molecule has 1 aromatic rings. The normalized spacial score (nSPS) is 19.1. The SMILES string of the molecule is NC1(c2cc(F)c(O)cc2F)CCC1. The van der Waals surface area contributed by atoms with Crippen molar-refractivity contribution in [1.82, 2.24) is 0 Å². The Hall–Kier alpha value is -1.16. The predicted molar refractivity (Wildman–Crippen MR) is 47.7 cm³/mol. The summed E-state index contributed by atoms with van der Waals surface area (Å²) >= 11 is 0. The van der Waals surface area contributed by atoms with Gasteiger partial charge in [0, 0.05) is 17.2 Å². The molecule has 4 heteroatoms. The zero-order chi connectivity index (χ0) is 10.3. The highest BCUT2D eigenvalue weighted by molar-refractivity contribution is 5.35. The van der Waals surface area contributed by atoms with Crippen molar-refractivity contribution in [1.29, 1.82) is 0 Å². The molecule has 1 aliphatic rings. The van der Waals surface area contributed by atoms with Gasteiger partial charge in [0.2, 0.25) is 0 Å². The summed E-state index contributed by atoms with van der Waals surface area (Å²) in [5, 5.41) is 8.93. The van der Waals surface area contributed by atoms with Crippen LogP contribution < -0.4 is 5.73 Å². The van der Waals surface area contributed by atoms with E-state index in [1.165, 1.54) is 0 Å². The van der Waals surface area contributed by atoms with Gasteiger partial charge in [-0.25, -0.2) is 8.78 Å². The molecule has 0 amide bonds. The average molecular weight is 199 g/mol. The first-order valence-electron chi connectivity index (χ1n) is 4.50. The van der Waals surface area contributed by atoms with Crippen LogP contribution >= 0.6 is 0 Å². The number of halogens is 2. The van der Waals surface area contributed by atoms with Gasteiger partial charge in [0.1, 0.15) is 5.82 Å². The molecule has 0 spiro atoms. The van der Waals surface area contributed by atoms with E-state index in [1.807, 2.05) is 0 Å². The molecule has 1 saturated carbocycles. The minimum Gasteiger partial charge on any atom is -0.505 e. The van der Waals surface area contributed by atoms with Crippen LogP contribution in [0, 0.1) is 11.6 Å². The number of nitrogens with two attached hydrogens (primary N) is 1. The van der Waals surface area contributed by atoms with Crippen LogP contribution in [-0.2, 0) is 5.54 Å². The van der Waals surface area contributed by atoms with Crippen molar-refractivity contribution < 1.29 is 13.9 Å². The first kappa shape index (κ1) is 9.40. The Morgan fingerprint density at radius 2 is 1.86 bits per heavy atom. The Morgan fingerprint density at radius 3 is 2.36 bits per heavy atom. The fourth-order valence-electron chi connectivity index (χ4n) is 1.74. The molecule has 0 bridgehead atoms. The summed E-state index contributed by atoms with van der Waals surface area (Å²) in [7, 11) is 0. The van der Waals surface area contributed by atoms with E-state index in [1.54, 1.807) is 0 Å². The van der Waals surface area contributed by atoms with Gasteiger partial charge in [-0.15, -0.1) is 0 Å². The number of aromatic hydroxyl groups is 1. The van der Waals surface area contributed by atoms with Crippen molar-refractivity contribution >= 4 is 0 Å². The monoisotopic (exact) mass is 199 g/mol. The molecule has 1 fully saturated rings. The van der Waals surface area contributed by atoms with Crippen LogP contribution in [0.5, 0.6) is 5.75 Å². The second-order valence-electron chi connectivity index (χ2n) is 3.79. The third-order valence-corrected chi connectivity index (χ3v) is 2.82. The third-order valence-electron chi connectivity index (χ3n) is 2.82. The van der Waals surface area contributed by atoms with Gasteiger partial charge in [0.05, 0.1) is 0 Å². The summed E-state index contributed by atoms with van der Waals surface area (Å²) < 4.78 is 26.3. The molecule has 2 nitrogen and oxygen atoms in total. The standard InChI is InChI=1S/C10H11F2NO/c11-7-5-9(14)8(12)4-6(7)10(13)2-1-3-10/h4-5,14H,1-3,13H2. The highest BCUT2D eigenvalue weighted by Crippen LogP contribution is 2.40. The lowest BCUT2D eigenvalue weighted by molar-refractivity contribution is 0.243. The zero-order valence-electron chi connectivity index (χ0n) is 7.56. The summed E-state index contributed by atoms with van der Waals surface area (Å²) in [5.74, 6) is -2.13. The number of hydrogen-bond donors (Lipinski definition) is 2. The van der Waals surface area contributed by atoms with Crippen LogP contribution in [0.15, 0.2) is 12.1 Å². The van der Waals surface area contributed by atoms with E-state index in [-0.39, 0.29) is 5.56 Å². The lowest BCUT2D eigenvalue weighted by Crippen LogP contribution is -2.44. The number of hydrogen-bond acceptors (Lipinski definition) is 2. The van der Waals surface area contributed by atoms with Gasteiger partial charge >= 0.3 is 0 Å². The van der Waals surface area contributed by atoms with E-state index in [4.69, 9.17) is 10.8 Å². The molecular weight excluding hydrogens is 188 g/mol. The Labute approximate surface area is 80.4 Å². The molecule has 14 heavy (non-hydrogen) atoms. The van der Waals surface area contributed by atoms with Gasteiger partial charge in [-0.05, 0) is 25.3 Å². The van der Waals surface area contributed by atoms with Gasteiger partial charge in [-0.1, -0.05) is 0 Å². The average Bonchev–Trinajstić information content (AvgIpc) is 2.07. The fourth-order valence-corrected chi connectivity index (χ4v) is 1.74. The van der Waals surface area contributed by atoms with Crippen molar-refractivity contribution in [3.63, 3.8) is 0 Å². The highest BCUT2D eigenvalue weighted by atomic mass is 19.1. The maximum absolute atomic E-state index is 13.3. The molecule has 3 N–H and O–H groups in total. The Bertz CT molecular complexity index is 375. The Morgan fingerprint density at radius 1 is 1.21 bits per heavy atom. The van der Waals surface area contributed by atoms with Crippen LogP contribution in [-0.4, -0.2) is 5.11 Å². The highest BCUT2D eigenvalue weighted by Gasteiger charge is 2.37. The second kappa shape index (κ2) is 2.92. The quantitative estimate of drug-likeness (QED) is 0.726. The van der Waals surface area contributed by atoms with E-state index in [9.17, 15) is 8.78 Å². The lowest BCUT2D eigenvalue weighted by atomic mass is 9.72. The summed E-state index contributed by atoms with van der Waals surface area (Å²) in [5.41, 5.74) is 5.28. The van der Waals surface area contributed by atoms with E-state index >= 15 is 0 Å². The predicted octanol–water partition coefficient (Wildman–Crippen LogP) is 2.01. The molecule has 0 aromatic heterocycles. The first-order valence-corrected chi connectivity index (χ1v) is 4.50. The zero-order valence-corrected chi connectivity index (χ0v) is 7.56. The number of phenols is 1. The van der Waals surface area contributed by atoms with Crippen LogP contribution in [0.4, 0.5) is 8.78 Å². The minimum absolute atomic E-state index is 0.166. The first-order chi connectivity index (χ1) is 6.53. The minimum atomic E-state index is -0.821. The second-order valence-corrected chi connectivity index (χ2v) is 3.79. The molecule has 1 aliphatic carbocycles. The summed E-state index contributed by atoms with van der Waals surface area (Å²) in [6.45, 7) is 0. The smallest absolute Gasteiger partial charge is 0.165 e. The number of benzene rings is 1. The van der Waals surface area contributed by atoms with Crippen molar-refractivity contribution in [2.75, 3.05) is 0 Å². The van der Waals surface area contributed by atoms with Gasteiger partial charge < -0.3 is 10.8 Å². The van der Waals surface area contributed by atoms with E-state index < -0.39 is 22.9 Å². The van der Waals surface area contributed by atoms with Crippen molar-refractivity contribution in [3.05, 3.63) is 29.3 Å². The molecule has 0 radical (unpaired) electrons. The van der Waals surface area contributed by atoms with Gasteiger partial charge in [0.15, 0.2) is 11.6 Å². The summed E-state index contributed by atoms with van der Waals surface area (Å²) in [6.07, 6.45) is 2.25. The van der Waals surface area contributed by atoms with E-state index in [2.05, 4.69) is 0 Å². The Balaban J connectivity index is 2.48. The van der Waals surface area contributed by atoms with Gasteiger partial charge in [0.25, 0.3) is 0 Å². The lowest BCUT2D eigenvalue weighted by Gasteiger charge is -2.38. The molecular formula is C10H11F2NO. The van der Waals surface area contributed by atoms with Crippen LogP contribution in [0.3, 0.4) is 0 Å². The molecule has 1 aromatic carbocycles. The van der Waals surface area contributed by atoms with Crippen molar-refractivity contribution in [2.45, 2.75) is 24.8 Å². The maximum Gasteiger partial charge on any atom is 0.165 e. The van der Waals surface area contributed by atoms with Gasteiger partial charge in [-0.2, -0.15) is 0 Å². The van der Waals surface area contributed by atoms with Crippen LogP contribution in [0.25, 0.3) is 0 Å². The summed E-state index contributed by atoms with van der Waals surface area (Å²) in [4.78, 5) is 0. The van der Waals surface area contributed by atoms with Crippen LogP contribution in [0.1, 0.15) is 24.8 Å². The largest absolute Gasteiger partial charge is 0.505 e. The third kappa shape index (κ3) is 1.26. The molecule has 0 aliphatic heterocycles. The van der Waals surface area contributed by atoms with Gasteiger partial charge in [-0.3, -0.25) is 0 Å². The molecule has 0 atom stereocenters. The number of phenolic OH excluding ortho intramolecular Hbond substituents is 1. The molecule has 0 heterocycles. The topological polar surface area (TPSA) is 46.2 Å². The van der Waals surface area contributed by atoms with Crippen molar-refractivity contribution in [2.24, 2.45) is 5.73 Å². The number of rotatable bonds is 1. The fraction of sp³-hybridized carbons (Fsp3) is 0.400. The molecule has 76 valence electrons. The molecule has 0 unspecified atom stereocenters. The van der Waals surface area contributed by atoms with E-state index in [0.29, 0.717) is 12.8 Å². The van der Waals surface area contributed by atoms with E-state index in [0.717, 1.165) is 18.6 Å². The van der Waals surface area contributed by atoms with Crippen LogP contribution in [0.2, 0.25) is 0 Å². The molecule has 2 rings (SSSR count). The summed E-state index contributed by atoms with van der Waals surface area (Å²) in [6, 6.07) is 1.77. The Kier molecular flexibility index (Phi) is 1.96. The van der Waals surface area contributed by atoms with Crippen molar-refractivity contribution in [3.8, 4) is 5.75 Å².